The van der Waals surface area contributed by atoms with Crippen LogP contribution in [0.15, 0.2) is 156 Å². The molecule has 0 fully saturated rings. The fourth-order valence-electron chi connectivity index (χ4n) is 7.30. The summed E-state index contributed by atoms with van der Waals surface area (Å²) in [5, 5.41) is 5.55. The predicted octanol–water partition coefficient (Wildman–Crippen LogP) is 14.9. The largest absolute Gasteiger partial charge is 0.500 e. The van der Waals surface area contributed by atoms with Gasteiger partial charge in [0.15, 0.2) is 0 Å². The number of rotatable bonds is 4. The Hall–Kier alpha value is -6.40. The number of alkyl halides is 3. The minimum atomic E-state index is -4.80. The molecule has 0 spiro atoms. The maximum Gasteiger partial charge on any atom is 0.416 e. The van der Waals surface area contributed by atoms with Crippen LogP contribution in [-0.4, -0.2) is 9.97 Å². The van der Waals surface area contributed by atoms with Crippen molar-refractivity contribution in [3.8, 4) is 44.8 Å². The fourth-order valence-corrected chi connectivity index (χ4v) is 7.30. The Morgan fingerprint density at radius 2 is 1.35 bits per heavy atom. The summed E-state index contributed by atoms with van der Waals surface area (Å²) >= 11 is 0. The van der Waals surface area contributed by atoms with Crippen LogP contribution in [0.5, 0.6) is 0 Å². The standard InChI is InChI=1S/C34H21F3NO.C19H16N.Ir/c1-19-16-23(34(35,36)37)13-15-24(19)29-17-30(38-18-20(29)2)28-9-5-8-26-27-14-12-22-11-10-21-6-3-4-7-25(21)31(22)33(27)39-32(26)28;1-14-8-11-19(20-13-14)17-10-9-15(2)18(12-17)16-6-4-3-5-7-16;/h3-8,10-18H,1-2H3;3-9,11-13H,1-2H3;/q2*-1;/i2*1D3,2D3;. The minimum Gasteiger partial charge on any atom is -0.500 e. The van der Waals surface area contributed by atoms with Crippen LogP contribution >= 0.6 is 0 Å². The van der Waals surface area contributed by atoms with E-state index in [2.05, 4.69) is 22.1 Å². The van der Waals surface area contributed by atoms with E-state index in [4.69, 9.17) is 20.9 Å². The molecule has 10 aromatic rings. The number of hydrogen-bond donors (Lipinski definition) is 0. The average Bonchev–Trinajstić information content (AvgIpc) is 3.72. The zero-order chi connectivity index (χ0) is 50.8. The summed E-state index contributed by atoms with van der Waals surface area (Å²) in [6.07, 6.45) is -2.37. The van der Waals surface area contributed by atoms with E-state index < -0.39 is 44.7 Å². The van der Waals surface area contributed by atoms with Gasteiger partial charge < -0.3 is 14.4 Å². The first-order valence-electron chi connectivity index (χ1n) is 24.4. The molecular weight excluding hydrogens is 930 g/mol. The molecule has 60 heavy (non-hydrogen) atoms. The predicted molar refractivity (Wildman–Crippen MR) is 234 cm³/mol. The van der Waals surface area contributed by atoms with Gasteiger partial charge in [0, 0.05) is 59.7 Å². The van der Waals surface area contributed by atoms with Gasteiger partial charge in [-0.2, -0.15) is 13.2 Å². The van der Waals surface area contributed by atoms with Crippen LogP contribution in [0.2, 0.25) is 0 Å². The van der Waals surface area contributed by atoms with Crippen molar-refractivity contribution in [2.75, 3.05) is 0 Å². The molecular formula is C53H37F3IrN2O-2. The monoisotopic (exact) mass is 979 g/mol. The molecule has 3 heterocycles. The molecule has 7 heteroatoms. The van der Waals surface area contributed by atoms with Gasteiger partial charge in [0.2, 0.25) is 0 Å². The Kier molecular flexibility index (Phi) is 7.66. The number of halogens is 3. The third-order valence-electron chi connectivity index (χ3n) is 10.2. The van der Waals surface area contributed by atoms with Gasteiger partial charge in [0.1, 0.15) is 5.58 Å². The van der Waals surface area contributed by atoms with E-state index in [1.165, 1.54) is 24.4 Å². The van der Waals surface area contributed by atoms with E-state index >= 15 is 0 Å². The minimum absolute atomic E-state index is 0. The van der Waals surface area contributed by atoms with Gasteiger partial charge in [-0.3, -0.25) is 0 Å². The van der Waals surface area contributed by atoms with Crippen LogP contribution in [0, 0.1) is 39.5 Å². The third kappa shape index (κ3) is 7.63. The van der Waals surface area contributed by atoms with Crippen LogP contribution in [0.4, 0.5) is 13.2 Å². The van der Waals surface area contributed by atoms with E-state index in [1.54, 1.807) is 18.2 Å². The topological polar surface area (TPSA) is 38.9 Å². The molecule has 0 aliphatic rings. The maximum atomic E-state index is 13.6. The van der Waals surface area contributed by atoms with Gasteiger partial charge in [0.25, 0.3) is 0 Å². The molecule has 7 aromatic carbocycles. The molecule has 0 saturated carbocycles. The number of aromatic nitrogens is 2. The average molecular weight is 979 g/mol. The van der Waals surface area contributed by atoms with E-state index in [-0.39, 0.29) is 53.6 Å². The number of furan rings is 1. The van der Waals surface area contributed by atoms with Crippen LogP contribution in [0.25, 0.3) is 88.3 Å². The molecule has 0 saturated heterocycles. The summed E-state index contributed by atoms with van der Waals surface area (Å²) in [5.74, 6) is 0. The second-order valence-corrected chi connectivity index (χ2v) is 13.9. The molecule has 0 amide bonds. The van der Waals surface area contributed by atoms with Crippen molar-refractivity contribution in [3.05, 3.63) is 192 Å². The number of benzene rings is 7. The molecule has 0 atom stereocenters. The van der Waals surface area contributed by atoms with Gasteiger partial charge in [0.05, 0.1) is 11.1 Å². The van der Waals surface area contributed by atoms with Gasteiger partial charge in [-0.15, -0.1) is 47.5 Å². The number of fused-ring (bicyclic) bond motifs is 7. The Balaban J connectivity index is 0.000000219. The molecule has 0 aliphatic carbocycles. The summed E-state index contributed by atoms with van der Waals surface area (Å²) in [6, 6.07) is 44.8. The van der Waals surface area contributed by atoms with Crippen LogP contribution < -0.4 is 0 Å². The molecule has 0 unspecified atom stereocenters. The second kappa shape index (κ2) is 16.3. The molecule has 3 aromatic heterocycles. The van der Waals surface area contributed by atoms with Crippen molar-refractivity contribution in [2.24, 2.45) is 0 Å². The molecule has 0 bridgehead atoms. The third-order valence-corrected chi connectivity index (χ3v) is 10.2. The van der Waals surface area contributed by atoms with Crippen LogP contribution in [0.3, 0.4) is 0 Å². The molecule has 0 aliphatic heterocycles. The molecule has 297 valence electrons. The summed E-state index contributed by atoms with van der Waals surface area (Å²) in [4.78, 5) is 8.62. The molecule has 3 nitrogen and oxygen atoms in total. The van der Waals surface area contributed by atoms with Gasteiger partial charge in [-0.05, 0) is 93.6 Å². The Bertz CT molecular complexity index is 3640. The Morgan fingerprint density at radius 1 is 0.583 bits per heavy atom. The number of aryl methyl sites for hydroxylation is 4. The summed E-state index contributed by atoms with van der Waals surface area (Å²) in [7, 11) is 0. The van der Waals surface area contributed by atoms with Crippen molar-refractivity contribution in [1.29, 1.82) is 0 Å². The number of pyridine rings is 2. The van der Waals surface area contributed by atoms with Crippen LogP contribution in [0.1, 0.15) is 44.3 Å². The smallest absolute Gasteiger partial charge is 0.416 e. The zero-order valence-electron chi connectivity index (χ0n) is 43.2. The zero-order valence-corrected chi connectivity index (χ0v) is 33.6. The summed E-state index contributed by atoms with van der Waals surface area (Å²) in [5.41, 5.74) is 2.25. The van der Waals surface area contributed by atoms with E-state index in [0.717, 1.165) is 56.2 Å². The summed E-state index contributed by atoms with van der Waals surface area (Å²) < 4.78 is 141. The molecule has 1 radical (unpaired) electrons. The van der Waals surface area contributed by atoms with Crippen LogP contribution in [-0.2, 0) is 26.3 Å². The van der Waals surface area contributed by atoms with Gasteiger partial charge in [-0.1, -0.05) is 126 Å². The maximum absolute atomic E-state index is 13.6. The normalized spacial score (nSPS) is 15.2. The van der Waals surface area contributed by atoms with Gasteiger partial charge >= 0.3 is 6.18 Å². The van der Waals surface area contributed by atoms with Crippen molar-refractivity contribution < 1.29 is 54.1 Å². The molecule has 10 rings (SSSR count). The molecule has 0 N–H and O–H groups in total. The SMILES string of the molecule is [2H]C([2H])([2H])c1ccc(-c2[c-]cc(C([2H])([2H])[2H])c(-c3ccccc3)c2)nc1.[2H]C([2H])([2H])c1cnc(-c2[c-]ccc3c2oc2c3ccc3ccc4ccccc4c32)cc1-c1ccc(C(F)(F)F)cc1C([2H])([2H])[2H].[Ir]. The Labute approximate surface area is 376 Å². The van der Waals surface area contributed by atoms with E-state index in [9.17, 15) is 13.2 Å². The van der Waals surface area contributed by atoms with E-state index in [1.807, 2.05) is 84.9 Å². The quantitative estimate of drug-likeness (QED) is 0.130. The first-order chi connectivity index (χ1) is 33.4. The van der Waals surface area contributed by atoms with Gasteiger partial charge in [-0.25, -0.2) is 0 Å². The van der Waals surface area contributed by atoms with Crippen molar-refractivity contribution >= 4 is 43.5 Å². The number of hydrogen-bond acceptors (Lipinski definition) is 3. The fraction of sp³-hybridized carbons (Fsp3) is 0.0943. The van der Waals surface area contributed by atoms with Crippen molar-refractivity contribution in [2.45, 2.75) is 33.6 Å². The number of nitrogens with zero attached hydrogens (tertiary/aromatic N) is 2. The Morgan fingerprint density at radius 3 is 2.13 bits per heavy atom. The van der Waals surface area contributed by atoms with Crippen molar-refractivity contribution in [1.82, 2.24) is 9.97 Å². The first-order valence-corrected chi connectivity index (χ1v) is 18.4. The van der Waals surface area contributed by atoms with Crippen molar-refractivity contribution in [3.63, 3.8) is 0 Å². The summed E-state index contributed by atoms with van der Waals surface area (Å²) in [6.45, 7) is -10.2. The van der Waals surface area contributed by atoms with E-state index in [0.29, 0.717) is 39.6 Å². The second-order valence-electron chi connectivity index (χ2n) is 13.9. The first kappa shape index (κ1) is 28.1.